The van der Waals surface area contributed by atoms with Gasteiger partial charge in [-0.2, -0.15) is 0 Å². The molecule has 0 spiro atoms. The van der Waals surface area contributed by atoms with E-state index in [1.165, 1.54) is 0 Å². The molecule has 0 aliphatic rings. The molecular formula is C14H14ClNO3S. The van der Waals surface area contributed by atoms with Crippen molar-refractivity contribution < 1.29 is 13.2 Å². The van der Waals surface area contributed by atoms with E-state index in [1.54, 1.807) is 49.4 Å². The molecule has 0 amide bonds. The van der Waals surface area contributed by atoms with Gasteiger partial charge in [-0.15, -0.1) is 0 Å². The Morgan fingerprint density at radius 2 is 1.90 bits per heavy atom. The third kappa shape index (κ3) is 3.12. The second kappa shape index (κ2) is 5.83. The van der Waals surface area contributed by atoms with E-state index in [1.807, 2.05) is 0 Å². The van der Waals surface area contributed by atoms with E-state index < -0.39 is 10.0 Å². The Bertz CT molecular complexity index is 729. The molecule has 106 valence electrons. The summed E-state index contributed by atoms with van der Waals surface area (Å²) in [5.74, 6) is 0.243. The first-order valence-electron chi connectivity index (χ1n) is 5.98. The molecule has 4 nitrogen and oxygen atoms in total. The maximum Gasteiger partial charge on any atom is 0.242 e. The molecule has 0 saturated heterocycles. The molecule has 0 aliphatic heterocycles. The van der Waals surface area contributed by atoms with Crippen molar-refractivity contribution in [2.24, 2.45) is 5.14 Å². The zero-order valence-corrected chi connectivity index (χ0v) is 12.4. The van der Waals surface area contributed by atoms with Gasteiger partial charge in [0.2, 0.25) is 10.0 Å². The summed E-state index contributed by atoms with van der Waals surface area (Å²) in [4.78, 5) is -0.0240. The molecule has 2 aromatic carbocycles. The van der Waals surface area contributed by atoms with Crippen LogP contribution in [0.1, 0.15) is 6.92 Å². The Labute approximate surface area is 123 Å². The minimum atomic E-state index is -3.92. The summed E-state index contributed by atoms with van der Waals surface area (Å²) in [5, 5.41) is 5.84. The predicted molar refractivity (Wildman–Crippen MR) is 79.4 cm³/mol. The van der Waals surface area contributed by atoms with Crippen LogP contribution in [0.2, 0.25) is 5.02 Å². The van der Waals surface area contributed by atoms with E-state index in [4.69, 9.17) is 21.5 Å². The van der Waals surface area contributed by atoms with Gasteiger partial charge in [0.25, 0.3) is 0 Å². The zero-order chi connectivity index (χ0) is 14.8. The normalized spacial score (nSPS) is 11.3. The van der Waals surface area contributed by atoms with Gasteiger partial charge in [-0.3, -0.25) is 0 Å². The average molecular weight is 312 g/mol. The highest BCUT2D eigenvalue weighted by atomic mass is 35.5. The quantitative estimate of drug-likeness (QED) is 0.943. The number of benzene rings is 2. The topological polar surface area (TPSA) is 69.4 Å². The van der Waals surface area contributed by atoms with Crippen LogP contribution in [0.3, 0.4) is 0 Å². The molecule has 2 rings (SSSR count). The van der Waals surface area contributed by atoms with Crippen molar-refractivity contribution >= 4 is 21.6 Å². The largest absolute Gasteiger partial charge is 0.492 e. The highest BCUT2D eigenvalue weighted by molar-refractivity contribution is 7.89. The van der Waals surface area contributed by atoms with Gasteiger partial charge in [0.15, 0.2) is 0 Å². The SMILES string of the molecule is CCOc1cccc(-c2cccc(Cl)c2)c1S(N)(=O)=O. The summed E-state index contributed by atoms with van der Waals surface area (Å²) in [6.07, 6.45) is 0. The number of rotatable bonds is 4. The van der Waals surface area contributed by atoms with Gasteiger partial charge in [0, 0.05) is 10.6 Å². The summed E-state index contributed by atoms with van der Waals surface area (Å²) in [6, 6.07) is 11.9. The van der Waals surface area contributed by atoms with Gasteiger partial charge in [-0.1, -0.05) is 35.9 Å². The Kier molecular flexibility index (Phi) is 4.32. The average Bonchev–Trinajstić information content (AvgIpc) is 2.37. The van der Waals surface area contributed by atoms with Crippen LogP contribution in [0.4, 0.5) is 0 Å². The smallest absolute Gasteiger partial charge is 0.242 e. The summed E-state index contributed by atoms with van der Waals surface area (Å²) in [5.41, 5.74) is 1.14. The molecule has 0 atom stereocenters. The van der Waals surface area contributed by atoms with Gasteiger partial charge in [0.05, 0.1) is 6.61 Å². The van der Waals surface area contributed by atoms with Crippen molar-refractivity contribution in [2.75, 3.05) is 6.61 Å². The fourth-order valence-corrected chi connectivity index (χ4v) is 3.05. The van der Waals surface area contributed by atoms with Crippen LogP contribution in [-0.2, 0) is 10.0 Å². The van der Waals surface area contributed by atoms with Crippen molar-refractivity contribution in [3.63, 3.8) is 0 Å². The molecule has 0 bridgehead atoms. The molecule has 2 N–H and O–H groups in total. The maximum atomic E-state index is 11.9. The Hall–Kier alpha value is -1.56. The van der Waals surface area contributed by atoms with Crippen LogP contribution in [0.25, 0.3) is 11.1 Å². The Balaban J connectivity index is 2.73. The first-order chi connectivity index (χ1) is 9.43. The van der Waals surface area contributed by atoms with Crippen molar-refractivity contribution in [1.82, 2.24) is 0 Å². The summed E-state index contributed by atoms with van der Waals surface area (Å²) < 4.78 is 29.1. The van der Waals surface area contributed by atoms with Crippen LogP contribution in [0.15, 0.2) is 47.4 Å². The van der Waals surface area contributed by atoms with E-state index >= 15 is 0 Å². The van der Waals surface area contributed by atoms with Crippen LogP contribution in [0.5, 0.6) is 5.75 Å². The number of sulfonamides is 1. The molecule has 0 aliphatic carbocycles. The molecule has 2 aromatic rings. The third-order valence-electron chi connectivity index (χ3n) is 2.70. The zero-order valence-electron chi connectivity index (χ0n) is 10.8. The number of primary sulfonamides is 1. The lowest BCUT2D eigenvalue weighted by molar-refractivity contribution is 0.331. The highest BCUT2D eigenvalue weighted by Crippen LogP contribution is 2.34. The van der Waals surface area contributed by atoms with E-state index in [0.717, 1.165) is 0 Å². The molecule has 0 radical (unpaired) electrons. The monoisotopic (exact) mass is 311 g/mol. The molecule has 20 heavy (non-hydrogen) atoms. The van der Waals surface area contributed by atoms with Gasteiger partial charge in [-0.05, 0) is 30.7 Å². The van der Waals surface area contributed by atoms with Crippen LogP contribution in [0, 0.1) is 0 Å². The van der Waals surface area contributed by atoms with E-state index in [-0.39, 0.29) is 10.6 Å². The van der Waals surface area contributed by atoms with Crippen molar-refractivity contribution in [2.45, 2.75) is 11.8 Å². The Morgan fingerprint density at radius 1 is 1.20 bits per heavy atom. The standard InChI is InChI=1S/C14H14ClNO3S/c1-2-19-13-8-4-7-12(14(13)20(16,17)18)10-5-3-6-11(15)9-10/h3-9H,2H2,1H3,(H2,16,17,18). The molecule has 0 unspecified atom stereocenters. The number of nitrogens with two attached hydrogens (primary N) is 1. The van der Waals surface area contributed by atoms with E-state index in [2.05, 4.69) is 0 Å². The summed E-state index contributed by atoms with van der Waals surface area (Å²) in [6.45, 7) is 2.13. The van der Waals surface area contributed by atoms with Gasteiger partial charge in [0.1, 0.15) is 10.6 Å². The highest BCUT2D eigenvalue weighted by Gasteiger charge is 2.21. The van der Waals surface area contributed by atoms with Crippen LogP contribution < -0.4 is 9.88 Å². The van der Waals surface area contributed by atoms with Crippen molar-refractivity contribution in [1.29, 1.82) is 0 Å². The molecule has 0 heterocycles. The summed E-state index contributed by atoms with van der Waals surface area (Å²) >= 11 is 5.95. The predicted octanol–water partition coefficient (Wildman–Crippen LogP) is 3.05. The molecule has 0 fully saturated rings. The number of hydrogen-bond donors (Lipinski definition) is 1. The molecular weight excluding hydrogens is 298 g/mol. The molecule has 0 saturated carbocycles. The number of ether oxygens (including phenoxy) is 1. The van der Waals surface area contributed by atoms with Gasteiger partial charge in [-0.25, -0.2) is 13.6 Å². The first kappa shape index (κ1) is 14.8. The number of halogens is 1. The van der Waals surface area contributed by atoms with Crippen LogP contribution >= 0.6 is 11.6 Å². The minimum absolute atomic E-state index is 0.0240. The number of hydrogen-bond acceptors (Lipinski definition) is 3. The fraction of sp³-hybridized carbons (Fsp3) is 0.143. The second-order valence-electron chi connectivity index (χ2n) is 4.12. The first-order valence-corrected chi connectivity index (χ1v) is 7.90. The lowest BCUT2D eigenvalue weighted by atomic mass is 10.1. The van der Waals surface area contributed by atoms with Gasteiger partial charge >= 0.3 is 0 Å². The summed E-state index contributed by atoms with van der Waals surface area (Å²) in [7, 11) is -3.92. The Morgan fingerprint density at radius 3 is 2.50 bits per heavy atom. The lowest BCUT2D eigenvalue weighted by Gasteiger charge is -2.13. The molecule has 0 aromatic heterocycles. The maximum absolute atomic E-state index is 11.9. The fourth-order valence-electron chi connectivity index (χ4n) is 1.96. The molecule has 6 heteroatoms. The van der Waals surface area contributed by atoms with E-state index in [0.29, 0.717) is 22.8 Å². The lowest BCUT2D eigenvalue weighted by Crippen LogP contribution is -2.15. The second-order valence-corrected chi connectivity index (χ2v) is 6.06. The van der Waals surface area contributed by atoms with Crippen LogP contribution in [-0.4, -0.2) is 15.0 Å². The van der Waals surface area contributed by atoms with Crippen molar-refractivity contribution in [3.05, 3.63) is 47.5 Å². The minimum Gasteiger partial charge on any atom is -0.492 e. The van der Waals surface area contributed by atoms with Crippen molar-refractivity contribution in [3.8, 4) is 16.9 Å². The van der Waals surface area contributed by atoms with E-state index in [9.17, 15) is 8.42 Å². The van der Waals surface area contributed by atoms with Gasteiger partial charge < -0.3 is 4.74 Å². The third-order valence-corrected chi connectivity index (χ3v) is 3.92.